The normalized spacial score (nSPS) is 10.3. The maximum atomic E-state index is 11.5. The Kier molecular flexibility index (Phi) is 6.68. The molecule has 0 aliphatic heterocycles. The summed E-state index contributed by atoms with van der Waals surface area (Å²) in [6.45, 7) is 5.26. The number of hydrogen-bond donors (Lipinski definition) is 2. The molecule has 0 saturated heterocycles. The molecule has 0 aliphatic carbocycles. The quantitative estimate of drug-likeness (QED) is 0.823. The number of nitrogens with one attached hydrogen (secondary N) is 2. The van der Waals surface area contributed by atoms with E-state index >= 15 is 0 Å². The molecule has 0 atom stereocenters. The molecular weight excluding hydrogens is 270 g/mol. The van der Waals surface area contributed by atoms with Crippen LogP contribution in [0.3, 0.4) is 0 Å². The smallest absolute Gasteiger partial charge is 0.321 e. The van der Waals surface area contributed by atoms with Crippen molar-refractivity contribution in [2.24, 2.45) is 0 Å². The van der Waals surface area contributed by atoms with Gasteiger partial charge in [0.05, 0.1) is 6.54 Å². The minimum atomic E-state index is -0.500. The molecule has 0 spiro atoms. The van der Waals surface area contributed by atoms with E-state index in [1.165, 1.54) is 7.05 Å². The number of benzene rings is 1. The lowest BCUT2D eigenvalue weighted by atomic mass is 10.1. The predicted molar refractivity (Wildman–Crippen MR) is 81.5 cm³/mol. The molecule has 1 aromatic carbocycles. The SMILES string of the molecule is CNC(=O)NC(=O)CN(C)CCOc1cc(C)cc(C)c1. The van der Waals surface area contributed by atoms with Crippen LogP contribution in [0.2, 0.25) is 0 Å². The predicted octanol–water partition coefficient (Wildman–Crippen LogP) is 1.07. The van der Waals surface area contributed by atoms with Gasteiger partial charge in [0.1, 0.15) is 12.4 Å². The molecule has 3 amide bonds. The third kappa shape index (κ3) is 6.76. The first kappa shape index (κ1) is 17.0. The molecule has 0 aliphatic rings. The number of likely N-dealkylation sites (N-methyl/N-ethyl adjacent to an activating group) is 1. The maximum Gasteiger partial charge on any atom is 0.321 e. The maximum absolute atomic E-state index is 11.5. The molecule has 0 bridgehead atoms. The third-order valence-electron chi connectivity index (χ3n) is 2.83. The molecular formula is C15H23N3O3. The number of urea groups is 1. The van der Waals surface area contributed by atoms with Gasteiger partial charge in [-0.25, -0.2) is 4.79 Å². The van der Waals surface area contributed by atoms with Crippen LogP contribution in [0, 0.1) is 13.8 Å². The molecule has 2 N–H and O–H groups in total. The second-order valence-corrected chi connectivity index (χ2v) is 5.04. The van der Waals surface area contributed by atoms with Crippen LogP contribution in [0.15, 0.2) is 18.2 Å². The number of aryl methyl sites for hydroxylation is 2. The number of carbonyl (C=O) groups excluding carboxylic acids is 2. The summed E-state index contributed by atoms with van der Waals surface area (Å²) in [6.07, 6.45) is 0. The lowest BCUT2D eigenvalue weighted by Crippen LogP contribution is -2.43. The van der Waals surface area contributed by atoms with Gasteiger partial charge in [-0.2, -0.15) is 0 Å². The van der Waals surface area contributed by atoms with Gasteiger partial charge in [-0.15, -0.1) is 0 Å². The fourth-order valence-corrected chi connectivity index (χ4v) is 1.89. The Bertz CT molecular complexity index is 483. The highest BCUT2D eigenvalue weighted by atomic mass is 16.5. The molecule has 116 valence electrons. The monoisotopic (exact) mass is 293 g/mol. The number of amides is 3. The molecule has 1 aromatic rings. The van der Waals surface area contributed by atoms with Crippen LogP contribution in [-0.4, -0.2) is 50.6 Å². The van der Waals surface area contributed by atoms with Crippen molar-refractivity contribution in [1.29, 1.82) is 0 Å². The average molecular weight is 293 g/mol. The van der Waals surface area contributed by atoms with E-state index in [-0.39, 0.29) is 12.5 Å². The Balaban J connectivity index is 2.31. The van der Waals surface area contributed by atoms with Crippen LogP contribution in [0.5, 0.6) is 5.75 Å². The van der Waals surface area contributed by atoms with E-state index in [0.29, 0.717) is 13.2 Å². The second kappa shape index (κ2) is 8.26. The van der Waals surface area contributed by atoms with E-state index in [9.17, 15) is 9.59 Å². The molecule has 0 heterocycles. The molecule has 0 saturated carbocycles. The van der Waals surface area contributed by atoms with E-state index in [4.69, 9.17) is 4.74 Å². The van der Waals surface area contributed by atoms with Gasteiger partial charge in [0.25, 0.3) is 0 Å². The first-order chi connectivity index (χ1) is 9.90. The third-order valence-corrected chi connectivity index (χ3v) is 2.83. The fraction of sp³-hybridized carbons (Fsp3) is 0.467. The second-order valence-electron chi connectivity index (χ2n) is 5.04. The van der Waals surface area contributed by atoms with Crippen LogP contribution in [0.4, 0.5) is 4.79 Å². The summed E-state index contributed by atoms with van der Waals surface area (Å²) in [7, 11) is 3.26. The van der Waals surface area contributed by atoms with Crippen molar-refractivity contribution in [1.82, 2.24) is 15.5 Å². The average Bonchev–Trinajstić information content (AvgIpc) is 2.37. The van der Waals surface area contributed by atoms with Crippen molar-refractivity contribution in [2.45, 2.75) is 13.8 Å². The summed E-state index contributed by atoms with van der Waals surface area (Å²) in [4.78, 5) is 24.3. The molecule has 0 radical (unpaired) electrons. The summed E-state index contributed by atoms with van der Waals surface area (Å²) >= 11 is 0. The summed E-state index contributed by atoms with van der Waals surface area (Å²) in [5.74, 6) is 0.485. The molecule has 0 unspecified atom stereocenters. The Hall–Kier alpha value is -2.08. The summed E-state index contributed by atoms with van der Waals surface area (Å²) in [5, 5.41) is 4.54. The first-order valence-corrected chi connectivity index (χ1v) is 6.82. The largest absolute Gasteiger partial charge is 0.492 e. The summed E-state index contributed by atoms with van der Waals surface area (Å²) < 4.78 is 5.67. The van der Waals surface area contributed by atoms with Crippen LogP contribution < -0.4 is 15.4 Å². The first-order valence-electron chi connectivity index (χ1n) is 6.82. The zero-order chi connectivity index (χ0) is 15.8. The molecule has 1 rings (SSSR count). The minimum Gasteiger partial charge on any atom is -0.492 e. The number of rotatable bonds is 6. The highest BCUT2D eigenvalue weighted by molar-refractivity contribution is 5.95. The number of ether oxygens (including phenoxy) is 1. The highest BCUT2D eigenvalue weighted by Crippen LogP contribution is 2.15. The fourth-order valence-electron chi connectivity index (χ4n) is 1.89. The van der Waals surface area contributed by atoms with Crippen LogP contribution in [-0.2, 0) is 4.79 Å². The van der Waals surface area contributed by atoms with Crippen LogP contribution in [0.25, 0.3) is 0 Å². The van der Waals surface area contributed by atoms with Gasteiger partial charge in [0.15, 0.2) is 0 Å². The Morgan fingerprint density at radius 1 is 1.19 bits per heavy atom. The molecule has 6 heteroatoms. The van der Waals surface area contributed by atoms with Crippen molar-refractivity contribution in [3.63, 3.8) is 0 Å². The van der Waals surface area contributed by atoms with Gasteiger partial charge in [0, 0.05) is 13.6 Å². The molecule has 6 nitrogen and oxygen atoms in total. The van der Waals surface area contributed by atoms with Gasteiger partial charge in [0.2, 0.25) is 5.91 Å². The molecule has 21 heavy (non-hydrogen) atoms. The summed E-state index contributed by atoms with van der Waals surface area (Å²) in [5.41, 5.74) is 2.31. The lowest BCUT2D eigenvalue weighted by molar-refractivity contribution is -0.120. The lowest BCUT2D eigenvalue weighted by Gasteiger charge is -2.16. The standard InChI is InChI=1S/C15H23N3O3/c1-11-7-12(2)9-13(8-11)21-6-5-18(4)10-14(19)17-15(20)16-3/h7-9H,5-6,10H2,1-4H3,(H2,16,17,19,20). The Labute approximate surface area is 125 Å². The van der Waals surface area contributed by atoms with Crippen LogP contribution >= 0.6 is 0 Å². The van der Waals surface area contributed by atoms with E-state index in [2.05, 4.69) is 16.7 Å². The van der Waals surface area contributed by atoms with Gasteiger partial charge in [-0.1, -0.05) is 6.07 Å². The molecule has 0 fully saturated rings. The Morgan fingerprint density at radius 2 is 1.81 bits per heavy atom. The number of imide groups is 1. The molecule has 0 aromatic heterocycles. The minimum absolute atomic E-state index is 0.142. The van der Waals surface area contributed by atoms with Crippen molar-refractivity contribution in [2.75, 3.05) is 33.8 Å². The van der Waals surface area contributed by atoms with Crippen molar-refractivity contribution < 1.29 is 14.3 Å². The van der Waals surface area contributed by atoms with Gasteiger partial charge < -0.3 is 10.1 Å². The van der Waals surface area contributed by atoms with E-state index in [1.807, 2.05) is 26.0 Å². The number of carbonyl (C=O) groups is 2. The zero-order valence-electron chi connectivity index (χ0n) is 13.0. The van der Waals surface area contributed by atoms with Gasteiger partial charge in [-0.05, 0) is 44.2 Å². The van der Waals surface area contributed by atoms with E-state index in [1.54, 1.807) is 11.9 Å². The Morgan fingerprint density at radius 3 is 2.38 bits per heavy atom. The highest BCUT2D eigenvalue weighted by Gasteiger charge is 2.09. The van der Waals surface area contributed by atoms with Crippen molar-refractivity contribution >= 4 is 11.9 Å². The zero-order valence-corrected chi connectivity index (χ0v) is 13.0. The van der Waals surface area contributed by atoms with E-state index < -0.39 is 6.03 Å². The van der Waals surface area contributed by atoms with Crippen molar-refractivity contribution in [3.8, 4) is 5.75 Å². The van der Waals surface area contributed by atoms with Gasteiger partial charge >= 0.3 is 6.03 Å². The van der Waals surface area contributed by atoms with Crippen molar-refractivity contribution in [3.05, 3.63) is 29.3 Å². The van der Waals surface area contributed by atoms with Gasteiger partial charge in [-0.3, -0.25) is 15.0 Å². The van der Waals surface area contributed by atoms with Crippen LogP contribution in [0.1, 0.15) is 11.1 Å². The number of nitrogens with zero attached hydrogens (tertiary/aromatic N) is 1. The summed E-state index contributed by atoms with van der Waals surface area (Å²) in [6, 6.07) is 5.54. The topological polar surface area (TPSA) is 70.7 Å². The number of hydrogen-bond acceptors (Lipinski definition) is 4. The van der Waals surface area contributed by atoms with E-state index in [0.717, 1.165) is 16.9 Å².